The van der Waals surface area contributed by atoms with E-state index in [1.165, 1.54) is 0 Å². The van der Waals surface area contributed by atoms with Crippen LogP contribution < -0.4 is 10.5 Å². The molecule has 0 saturated heterocycles. The van der Waals surface area contributed by atoms with Crippen LogP contribution in [0.3, 0.4) is 0 Å². The van der Waals surface area contributed by atoms with Crippen LogP contribution in [0.1, 0.15) is 5.56 Å². The Morgan fingerprint density at radius 2 is 1.94 bits per heavy atom. The molecular formula is C13H12Cl2N2O. The number of ether oxygens (including phenoxy) is 1. The third kappa shape index (κ3) is 3.35. The van der Waals surface area contributed by atoms with E-state index in [4.69, 9.17) is 33.7 Å². The van der Waals surface area contributed by atoms with Crippen molar-refractivity contribution in [3.05, 3.63) is 52.3 Å². The molecule has 0 aliphatic carbocycles. The minimum atomic E-state index is 0.526. The summed E-state index contributed by atoms with van der Waals surface area (Å²) in [5, 5.41) is 1.17. The molecule has 0 aliphatic rings. The Labute approximate surface area is 115 Å². The maximum atomic E-state index is 6.13. The quantitative estimate of drug-likeness (QED) is 0.931. The summed E-state index contributed by atoms with van der Waals surface area (Å²) in [5.41, 5.74) is 6.50. The Bertz CT molecular complexity index is 546. The van der Waals surface area contributed by atoms with Gasteiger partial charge in [0.2, 0.25) is 0 Å². The predicted molar refractivity (Wildman–Crippen MR) is 73.5 cm³/mol. The third-order valence-electron chi connectivity index (χ3n) is 2.35. The van der Waals surface area contributed by atoms with Gasteiger partial charge in [-0.25, -0.2) is 0 Å². The second kappa shape index (κ2) is 6.05. The number of rotatable bonds is 4. The van der Waals surface area contributed by atoms with E-state index in [1.807, 2.05) is 12.1 Å². The van der Waals surface area contributed by atoms with Crippen LogP contribution >= 0.6 is 23.2 Å². The van der Waals surface area contributed by atoms with E-state index in [0.717, 1.165) is 12.0 Å². The zero-order chi connectivity index (χ0) is 13.0. The smallest absolute Gasteiger partial charge is 0.147 e. The van der Waals surface area contributed by atoms with Crippen LogP contribution in [-0.4, -0.2) is 11.5 Å². The van der Waals surface area contributed by atoms with Crippen molar-refractivity contribution in [1.29, 1.82) is 0 Å². The molecule has 0 fully saturated rings. The highest BCUT2D eigenvalue weighted by molar-refractivity contribution is 6.31. The molecule has 0 amide bonds. The Morgan fingerprint density at radius 3 is 2.61 bits per heavy atom. The standard InChI is InChI=1S/C13H12Cl2N2O/c14-10-5-12(8-17-7-10)18-11-2-1-9(3-4-16)13(15)6-11/h1-2,5-8H,3-4,16H2. The molecule has 2 rings (SSSR count). The maximum absolute atomic E-state index is 6.13. The lowest BCUT2D eigenvalue weighted by Crippen LogP contribution is -2.03. The van der Waals surface area contributed by atoms with Gasteiger partial charge in [-0.3, -0.25) is 4.98 Å². The normalized spacial score (nSPS) is 10.4. The van der Waals surface area contributed by atoms with Crippen molar-refractivity contribution < 1.29 is 4.74 Å². The summed E-state index contributed by atoms with van der Waals surface area (Å²) in [4.78, 5) is 3.94. The van der Waals surface area contributed by atoms with Crippen LogP contribution in [0.15, 0.2) is 36.7 Å². The lowest BCUT2D eigenvalue weighted by atomic mass is 10.1. The van der Waals surface area contributed by atoms with Gasteiger partial charge in [-0.2, -0.15) is 0 Å². The van der Waals surface area contributed by atoms with E-state index in [-0.39, 0.29) is 0 Å². The molecule has 0 spiro atoms. The van der Waals surface area contributed by atoms with E-state index in [2.05, 4.69) is 4.98 Å². The number of pyridine rings is 1. The van der Waals surface area contributed by atoms with Crippen molar-refractivity contribution in [2.45, 2.75) is 6.42 Å². The van der Waals surface area contributed by atoms with Gasteiger partial charge >= 0.3 is 0 Å². The van der Waals surface area contributed by atoms with E-state index in [9.17, 15) is 0 Å². The first kappa shape index (κ1) is 13.1. The molecule has 1 heterocycles. The van der Waals surface area contributed by atoms with E-state index < -0.39 is 0 Å². The van der Waals surface area contributed by atoms with Crippen molar-refractivity contribution >= 4 is 23.2 Å². The van der Waals surface area contributed by atoms with Crippen LogP contribution in [0.4, 0.5) is 0 Å². The summed E-state index contributed by atoms with van der Waals surface area (Å²) in [7, 11) is 0. The number of aromatic nitrogens is 1. The molecule has 0 saturated carbocycles. The van der Waals surface area contributed by atoms with Gasteiger partial charge in [-0.1, -0.05) is 29.3 Å². The highest BCUT2D eigenvalue weighted by Gasteiger charge is 2.04. The number of hydrogen-bond donors (Lipinski definition) is 1. The highest BCUT2D eigenvalue weighted by atomic mass is 35.5. The first-order chi connectivity index (χ1) is 8.69. The Balaban J connectivity index is 2.17. The summed E-state index contributed by atoms with van der Waals surface area (Å²) in [6.45, 7) is 0.568. The van der Waals surface area contributed by atoms with Crippen molar-refractivity contribution in [3.8, 4) is 11.5 Å². The van der Waals surface area contributed by atoms with E-state index in [0.29, 0.717) is 28.1 Å². The lowest BCUT2D eigenvalue weighted by Gasteiger charge is -2.08. The molecular weight excluding hydrogens is 271 g/mol. The van der Waals surface area contributed by atoms with E-state index >= 15 is 0 Å². The number of halogens is 2. The number of benzene rings is 1. The van der Waals surface area contributed by atoms with Crippen molar-refractivity contribution in [3.63, 3.8) is 0 Å². The highest BCUT2D eigenvalue weighted by Crippen LogP contribution is 2.27. The second-order valence-electron chi connectivity index (χ2n) is 3.73. The Kier molecular flexibility index (Phi) is 4.42. The van der Waals surface area contributed by atoms with E-state index in [1.54, 1.807) is 24.5 Å². The van der Waals surface area contributed by atoms with Gasteiger partial charge in [0.05, 0.1) is 11.2 Å². The van der Waals surface area contributed by atoms with Crippen molar-refractivity contribution in [1.82, 2.24) is 4.98 Å². The summed E-state index contributed by atoms with van der Waals surface area (Å²) < 4.78 is 5.61. The number of hydrogen-bond acceptors (Lipinski definition) is 3. The fraction of sp³-hybridized carbons (Fsp3) is 0.154. The fourth-order valence-corrected chi connectivity index (χ4v) is 1.96. The average Bonchev–Trinajstić information content (AvgIpc) is 2.33. The summed E-state index contributed by atoms with van der Waals surface area (Å²) in [6.07, 6.45) is 3.89. The number of nitrogens with zero attached hydrogens (tertiary/aromatic N) is 1. The molecule has 18 heavy (non-hydrogen) atoms. The molecule has 94 valence electrons. The molecule has 2 N–H and O–H groups in total. The first-order valence-electron chi connectivity index (χ1n) is 5.46. The van der Waals surface area contributed by atoms with Crippen LogP contribution in [-0.2, 0) is 6.42 Å². The van der Waals surface area contributed by atoms with Crippen LogP contribution in [0.5, 0.6) is 11.5 Å². The van der Waals surface area contributed by atoms with Crippen molar-refractivity contribution in [2.75, 3.05) is 6.54 Å². The topological polar surface area (TPSA) is 48.1 Å². The molecule has 0 aliphatic heterocycles. The Morgan fingerprint density at radius 1 is 1.11 bits per heavy atom. The molecule has 5 heteroatoms. The number of nitrogens with two attached hydrogens (primary N) is 1. The molecule has 0 atom stereocenters. The summed E-state index contributed by atoms with van der Waals surface area (Å²) in [6, 6.07) is 7.20. The van der Waals surface area contributed by atoms with Gasteiger partial charge in [0, 0.05) is 17.3 Å². The van der Waals surface area contributed by atoms with Gasteiger partial charge in [0.15, 0.2) is 0 Å². The third-order valence-corrected chi connectivity index (χ3v) is 2.91. The lowest BCUT2D eigenvalue weighted by molar-refractivity contribution is 0.480. The van der Waals surface area contributed by atoms with Gasteiger partial charge in [0.1, 0.15) is 11.5 Å². The van der Waals surface area contributed by atoms with Gasteiger partial charge in [-0.15, -0.1) is 0 Å². The van der Waals surface area contributed by atoms with Gasteiger partial charge in [-0.05, 0) is 30.7 Å². The van der Waals surface area contributed by atoms with Gasteiger partial charge in [0.25, 0.3) is 0 Å². The molecule has 0 radical (unpaired) electrons. The second-order valence-corrected chi connectivity index (χ2v) is 4.58. The minimum Gasteiger partial charge on any atom is -0.456 e. The largest absolute Gasteiger partial charge is 0.456 e. The Hall–Kier alpha value is -1.29. The molecule has 3 nitrogen and oxygen atoms in total. The van der Waals surface area contributed by atoms with Gasteiger partial charge < -0.3 is 10.5 Å². The fourth-order valence-electron chi connectivity index (χ4n) is 1.53. The van der Waals surface area contributed by atoms with Crippen LogP contribution in [0.2, 0.25) is 10.0 Å². The van der Waals surface area contributed by atoms with Crippen LogP contribution in [0.25, 0.3) is 0 Å². The first-order valence-corrected chi connectivity index (χ1v) is 6.21. The average molecular weight is 283 g/mol. The molecule has 1 aromatic heterocycles. The summed E-state index contributed by atoms with van der Waals surface area (Å²) >= 11 is 12.0. The molecule has 0 bridgehead atoms. The zero-order valence-corrected chi connectivity index (χ0v) is 11.1. The SMILES string of the molecule is NCCc1ccc(Oc2cncc(Cl)c2)cc1Cl. The monoisotopic (exact) mass is 282 g/mol. The maximum Gasteiger partial charge on any atom is 0.147 e. The molecule has 1 aromatic carbocycles. The molecule has 2 aromatic rings. The zero-order valence-electron chi connectivity index (χ0n) is 9.57. The predicted octanol–water partition coefficient (Wildman–Crippen LogP) is 3.68. The summed E-state index contributed by atoms with van der Waals surface area (Å²) in [5.74, 6) is 1.22. The molecule has 0 unspecified atom stereocenters. The minimum absolute atomic E-state index is 0.526. The van der Waals surface area contributed by atoms with Crippen molar-refractivity contribution in [2.24, 2.45) is 5.73 Å². The van der Waals surface area contributed by atoms with Crippen LogP contribution in [0, 0.1) is 0 Å².